The van der Waals surface area contributed by atoms with Crippen molar-refractivity contribution in [2.45, 2.75) is 38.1 Å². The average molecular weight is 633 g/mol. The normalized spacial score (nSPS) is 22.5. The highest BCUT2D eigenvalue weighted by atomic mass is 31.3. The number of aliphatic hydroxyl groups is 1. The molecule has 1 aromatic heterocycles. The fourth-order valence-corrected chi connectivity index (χ4v) is 6.46. The molecule has 2 heterocycles. The van der Waals surface area contributed by atoms with Crippen LogP contribution in [0.15, 0.2) is 40.1 Å². The summed E-state index contributed by atoms with van der Waals surface area (Å²) in [6, 6.07) is 5.76. The molecule has 0 amide bonds. The highest BCUT2D eigenvalue weighted by Gasteiger charge is 2.43. The first-order chi connectivity index (χ1) is 18.5. The summed E-state index contributed by atoms with van der Waals surface area (Å²) in [6.07, 6.45) is -3.35. The minimum Gasteiger partial charge on any atom is -0.390 e. The van der Waals surface area contributed by atoms with Gasteiger partial charge in [-0.3, -0.25) is 29.0 Å². The molecule has 5 atom stereocenters. The van der Waals surface area contributed by atoms with Gasteiger partial charge in [0.05, 0.1) is 42.0 Å². The van der Waals surface area contributed by atoms with E-state index in [0.717, 1.165) is 10.8 Å². The van der Waals surface area contributed by atoms with Gasteiger partial charge >= 0.3 is 29.2 Å². The quantitative estimate of drug-likeness (QED) is 0.0971. The predicted octanol–water partition coefficient (Wildman–Crippen LogP) is 0.153. The lowest BCUT2D eigenvalue weighted by atomic mass is 10.2. The smallest absolute Gasteiger partial charge is 0.390 e. The van der Waals surface area contributed by atoms with Crippen molar-refractivity contribution in [2.75, 3.05) is 6.61 Å². The maximum absolute atomic E-state index is 12.4. The van der Waals surface area contributed by atoms with E-state index in [9.17, 15) is 48.3 Å². The third-order valence-electron chi connectivity index (χ3n) is 5.08. The van der Waals surface area contributed by atoms with Crippen molar-refractivity contribution in [2.24, 2.45) is 0 Å². The molecule has 20 nitrogen and oxygen atoms in total. The third-order valence-corrected chi connectivity index (χ3v) is 8.88. The molecule has 1 aliphatic rings. The van der Waals surface area contributed by atoms with Crippen LogP contribution in [0.1, 0.15) is 23.8 Å². The van der Waals surface area contributed by atoms with Crippen LogP contribution >= 0.6 is 23.5 Å². The number of phosphoric acid groups is 3. The summed E-state index contributed by atoms with van der Waals surface area (Å²) in [5, 5.41) is 21.4. The molecule has 6 N–H and O–H groups in total. The fraction of sp³-hybridized carbons (Fsp3) is 0.412. The Bertz CT molecular complexity index is 1500. The highest BCUT2D eigenvalue weighted by Crippen LogP contribution is 2.66. The summed E-state index contributed by atoms with van der Waals surface area (Å²) in [4.78, 5) is 73.0. The van der Waals surface area contributed by atoms with Crippen LogP contribution in [0, 0.1) is 10.1 Å². The Kier molecular flexibility index (Phi) is 10.1. The molecule has 3 unspecified atom stereocenters. The van der Waals surface area contributed by atoms with E-state index in [1.807, 2.05) is 4.98 Å². The van der Waals surface area contributed by atoms with E-state index >= 15 is 0 Å². The molecule has 1 fully saturated rings. The van der Waals surface area contributed by atoms with Crippen LogP contribution in [-0.4, -0.2) is 58.0 Å². The molecule has 2 aromatic rings. The van der Waals surface area contributed by atoms with Crippen LogP contribution in [0.25, 0.3) is 0 Å². The van der Waals surface area contributed by atoms with Gasteiger partial charge in [-0.15, -0.1) is 0 Å². The summed E-state index contributed by atoms with van der Waals surface area (Å²) in [7, 11) is -16.8. The Balaban J connectivity index is 1.65. The molecular formula is C17H22N3O17P3. The van der Waals surface area contributed by atoms with Gasteiger partial charge in [-0.1, -0.05) is 12.1 Å². The van der Waals surface area contributed by atoms with Crippen molar-refractivity contribution in [3.63, 3.8) is 0 Å². The minimum absolute atomic E-state index is 0.0898. The van der Waals surface area contributed by atoms with Crippen molar-refractivity contribution in [3.8, 4) is 0 Å². The number of aromatic nitrogens is 2. The van der Waals surface area contributed by atoms with Gasteiger partial charge in [-0.2, -0.15) is 8.62 Å². The van der Waals surface area contributed by atoms with Crippen molar-refractivity contribution in [1.82, 2.24) is 9.55 Å². The number of nitrogens with one attached hydrogen (secondary N) is 1. The van der Waals surface area contributed by atoms with E-state index in [2.05, 4.69) is 13.1 Å². The van der Waals surface area contributed by atoms with E-state index in [4.69, 9.17) is 19.3 Å². The average Bonchev–Trinajstić information content (AvgIpc) is 3.17. The standard InChI is InChI=1S/C17H22N3O17P3/c21-13-5-15(35-14(13)9-34-39(29,30)37-40(31,32)36-38(26,27)28)19-6-11(16(22)18-17(19)23)8-33-7-10-3-1-2-4-12(10)20(24)25/h1-4,6,13-15,21H,5,7-9H2,(H,29,30)(H,31,32)(H,18,22,23)(H2,26,27,28)/t13?,14-,15-/m1/s1. The van der Waals surface area contributed by atoms with E-state index in [0.29, 0.717) is 0 Å². The SMILES string of the molecule is O=c1[nH]c(=O)n([C@H]2CC(O)[C@@H](COP(=O)(O)OP(=O)(O)OP(=O)(O)O)O2)cc1COCc1ccccc1[N+](=O)[O-]. The Morgan fingerprint density at radius 2 is 1.70 bits per heavy atom. The van der Waals surface area contributed by atoms with Crippen LogP contribution < -0.4 is 11.2 Å². The second-order valence-corrected chi connectivity index (χ2v) is 12.4. The van der Waals surface area contributed by atoms with E-state index in [1.54, 1.807) is 6.07 Å². The fourth-order valence-electron chi connectivity index (χ4n) is 3.43. The van der Waals surface area contributed by atoms with Crippen LogP contribution in [0.3, 0.4) is 0 Å². The zero-order valence-corrected chi connectivity index (χ0v) is 22.5. The highest BCUT2D eigenvalue weighted by molar-refractivity contribution is 7.66. The second kappa shape index (κ2) is 12.6. The topological polar surface area (TPSA) is 297 Å². The van der Waals surface area contributed by atoms with Crippen molar-refractivity contribution in [3.05, 3.63) is 72.5 Å². The Morgan fingerprint density at radius 3 is 2.35 bits per heavy atom. The summed E-state index contributed by atoms with van der Waals surface area (Å²) < 4.78 is 57.3. The summed E-state index contributed by atoms with van der Waals surface area (Å²) in [5.74, 6) is 0. The first-order valence-electron chi connectivity index (χ1n) is 10.7. The molecule has 1 aliphatic heterocycles. The van der Waals surface area contributed by atoms with Gasteiger partial charge < -0.3 is 34.2 Å². The summed E-state index contributed by atoms with van der Waals surface area (Å²) >= 11 is 0. The maximum atomic E-state index is 12.4. The largest absolute Gasteiger partial charge is 0.490 e. The lowest BCUT2D eigenvalue weighted by Crippen LogP contribution is -2.34. The molecular weight excluding hydrogens is 611 g/mol. The summed E-state index contributed by atoms with van der Waals surface area (Å²) in [5.41, 5.74) is -1.84. The van der Waals surface area contributed by atoms with Crippen LogP contribution in [0.4, 0.5) is 5.69 Å². The molecule has 23 heteroatoms. The number of aromatic amines is 1. The van der Waals surface area contributed by atoms with E-state index < -0.39 is 64.7 Å². The van der Waals surface area contributed by atoms with Crippen molar-refractivity contribution in [1.29, 1.82) is 0 Å². The molecule has 222 valence electrons. The molecule has 40 heavy (non-hydrogen) atoms. The molecule has 0 radical (unpaired) electrons. The van der Waals surface area contributed by atoms with Crippen LogP contribution in [0.5, 0.6) is 0 Å². The number of nitro groups is 1. The van der Waals surface area contributed by atoms with E-state index in [1.165, 1.54) is 18.2 Å². The number of rotatable bonds is 13. The monoisotopic (exact) mass is 633 g/mol. The van der Waals surface area contributed by atoms with Crippen LogP contribution in [-0.2, 0) is 49.5 Å². The zero-order valence-electron chi connectivity index (χ0n) is 19.8. The minimum atomic E-state index is -5.75. The molecule has 0 bridgehead atoms. The number of H-pyrrole nitrogens is 1. The maximum Gasteiger partial charge on any atom is 0.490 e. The number of hydrogen-bond donors (Lipinski definition) is 6. The number of ether oxygens (including phenoxy) is 2. The number of nitro benzene ring substituents is 1. The first kappa shape index (κ1) is 32.1. The predicted molar refractivity (Wildman–Crippen MR) is 127 cm³/mol. The molecule has 0 spiro atoms. The van der Waals surface area contributed by atoms with Gasteiger partial charge in [0.15, 0.2) is 0 Å². The molecule has 0 saturated carbocycles. The Morgan fingerprint density at radius 1 is 1.05 bits per heavy atom. The third kappa shape index (κ3) is 9.05. The lowest BCUT2D eigenvalue weighted by Gasteiger charge is -2.19. The van der Waals surface area contributed by atoms with Crippen molar-refractivity contribution >= 4 is 29.2 Å². The first-order valence-corrected chi connectivity index (χ1v) is 15.2. The lowest BCUT2D eigenvalue weighted by molar-refractivity contribution is -0.386. The number of nitrogens with zero attached hydrogens (tertiary/aromatic N) is 2. The van der Waals surface area contributed by atoms with Gasteiger partial charge in [0.1, 0.15) is 12.3 Å². The molecule has 3 rings (SSSR count). The molecule has 1 saturated heterocycles. The van der Waals surface area contributed by atoms with Gasteiger partial charge in [0, 0.05) is 18.7 Å². The van der Waals surface area contributed by atoms with Crippen LogP contribution in [0.2, 0.25) is 0 Å². The van der Waals surface area contributed by atoms with Crippen molar-refractivity contribution < 1.29 is 65.9 Å². The number of para-hydroxylation sites is 1. The Hall–Kier alpha value is -2.41. The number of phosphoric ester groups is 1. The van der Waals surface area contributed by atoms with Gasteiger partial charge in [0.25, 0.3) is 11.2 Å². The number of benzene rings is 1. The van der Waals surface area contributed by atoms with Gasteiger partial charge in [0.2, 0.25) is 0 Å². The Labute approximate surface area is 222 Å². The second-order valence-electron chi connectivity index (χ2n) is 8.02. The van der Waals surface area contributed by atoms with E-state index in [-0.39, 0.29) is 36.4 Å². The molecule has 0 aliphatic carbocycles. The number of hydrogen-bond acceptors (Lipinski definition) is 13. The van der Waals surface area contributed by atoms with Gasteiger partial charge in [-0.25, -0.2) is 18.5 Å². The van der Waals surface area contributed by atoms with Gasteiger partial charge in [-0.05, 0) is 6.07 Å². The zero-order chi connectivity index (χ0) is 29.9. The molecule has 1 aromatic carbocycles. The number of aliphatic hydroxyl groups excluding tert-OH is 1. The summed E-state index contributed by atoms with van der Waals surface area (Å²) in [6.45, 7) is -1.59.